The fourth-order valence-electron chi connectivity index (χ4n) is 2.37. The van der Waals surface area contributed by atoms with E-state index >= 15 is 0 Å². The monoisotopic (exact) mass is 269 g/mol. The fraction of sp³-hybridized carbons (Fsp3) is 0.200. The van der Waals surface area contributed by atoms with Gasteiger partial charge in [0.1, 0.15) is 0 Å². The van der Waals surface area contributed by atoms with Crippen molar-refractivity contribution in [1.29, 1.82) is 0 Å². The predicted molar refractivity (Wildman–Crippen MR) is 74.7 cm³/mol. The van der Waals surface area contributed by atoms with E-state index in [0.29, 0.717) is 12.0 Å². The first-order valence-corrected chi connectivity index (χ1v) is 6.48. The number of aromatic nitrogens is 2. The van der Waals surface area contributed by atoms with Gasteiger partial charge in [-0.2, -0.15) is 0 Å². The van der Waals surface area contributed by atoms with Crippen molar-refractivity contribution in [3.63, 3.8) is 0 Å². The third-order valence-corrected chi connectivity index (χ3v) is 3.39. The summed E-state index contributed by atoms with van der Waals surface area (Å²) in [4.78, 5) is 19.2. The lowest BCUT2D eigenvalue weighted by Crippen LogP contribution is -2.40. The maximum atomic E-state index is 12.3. The van der Waals surface area contributed by atoms with Crippen molar-refractivity contribution in [2.24, 2.45) is 0 Å². The van der Waals surface area contributed by atoms with E-state index in [4.69, 9.17) is 0 Å². The summed E-state index contributed by atoms with van der Waals surface area (Å²) in [5.41, 5.74) is 3.53. The number of nitrogens with one attached hydrogen (secondary N) is 2. The largest absolute Gasteiger partial charge is 0.394 e. The molecule has 1 aromatic heterocycles. The number of rotatable bonds is 5. The molecule has 0 unspecified atom stereocenters. The number of carbonyl (C=O) groups is 1. The van der Waals surface area contributed by atoms with Gasteiger partial charge in [0.15, 0.2) is 0 Å². The molecule has 0 aromatic carbocycles. The van der Waals surface area contributed by atoms with Crippen molar-refractivity contribution >= 4 is 5.91 Å². The summed E-state index contributed by atoms with van der Waals surface area (Å²) in [5, 5.41) is 12.2. The zero-order valence-corrected chi connectivity index (χ0v) is 10.8. The van der Waals surface area contributed by atoms with Crippen LogP contribution in [0.3, 0.4) is 0 Å². The molecule has 1 heterocycles. The van der Waals surface area contributed by atoms with Crippen LogP contribution in [-0.2, 0) is 11.2 Å². The lowest BCUT2D eigenvalue weighted by molar-refractivity contribution is -0.118. The summed E-state index contributed by atoms with van der Waals surface area (Å²) in [6.45, 7) is -0.115. The summed E-state index contributed by atoms with van der Waals surface area (Å²) >= 11 is 0. The number of hydrogen-bond acceptors (Lipinski definition) is 3. The van der Waals surface area contributed by atoms with E-state index in [1.165, 1.54) is 0 Å². The summed E-state index contributed by atoms with van der Waals surface area (Å²) in [5.74, 6) is -0.162. The number of imidazole rings is 1. The number of aliphatic hydroxyl groups excluding tert-OH is 1. The minimum absolute atomic E-state index is 0.115. The number of H-pyrrole nitrogens is 1. The standard InChI is InChI=1S/C15H15N3O2/c19-8-12(6-11-7-16-9-17-11)18-15(20)14-5-4-10-2-1-3-13(10)14/h1-5,7,9,12,19H,6,8H2,(H,16,17)(H,18,20)/t12-/m1/s1. The molecule has 102 valence electrons. The third-order valence-electron chi connectivity index (χ3n) is 3.39. The molecule has 0 saturated heterocycles. The Kier molecular flexibility index (Phi) is 3.35. The Morgan fingerprint density at radius 3 is 3.05 bits per heavy atom. The quantitative estimate of drug-likeness (QED) is 0.739. The van der Waals surface area contributed by atoms with Crippen LogP contribution in [0.2, 0.25) is 0 Å². The average Bonchev–Trinajstić information content (AvgIpc) is 3.14. The zero-order chi connectivity index (χ0) is 13.9. The van der Waals surface area contributed by atoms with Gasteiger partial charge in [-0.05, 0) is 17.2 Å². The molecule has 1 aromatic rings. The zero-order valence-electron chi connectivity index (χ0n) is 10.8. The maximum Gasteiger partial charge on any atom is 0.252 e. The molecule has 0 radical (unpaired) electrons. The molecule has 0 fully saturated rings. The molecule has 5 nitrogen and oxygen atoms in total. The molecule has 20 heavy (non-hydrogen) atoms. The molecule has 1 atom stereocenters. The minimum Gasteiger partial charge on any atom is -0.394 e. The predicted octanol–water partition coefficient (Wildman–Crippen LogP) is 0.792. The van der Waals surface area contributed by atoms with Crippen molar-refractivity contribution in [2.45, 2.75) is 12.5 Å². The van der Waals surface area contributed by atoms with Crippen LogP contribution in [0.5, 0.6) is 0 Å². The van der Waals surface area contributed by atoms with Crippen LogP contribution in [0, 0.1) is 0 Å². The number of allylic oxidation sites excluding steroid dienone is 6. The van der Waals surface area contributed by atoms with Crippen LogP contribution in [0.4, 0.5) is 0 Å². The van der Waals surface area contributed by atoms with Gasteiger partial charge in [-0.15, -0.1) is 0 Å². The lowest BCUT2D eigenvalue weighted by atomic mass is 10.1. The van der Waals surface area contributed by atoms with Gasteiger partial charge in [0.05, 0.1) is 19.0 Å². The number of carbonyl (C=O) groups excluding carboxylic acids is 1. The molecule has 1 amide bonds. The lowest BCUT2D eigenvalue weighted by Gasteiger charge is -2.16. The first-order valence-electron chi connectivity index (χ1n) is 6.48. The molecule has 5 heteroatoms. The van der Waals surface area contributed by atoms with Crippen molar-refractivity contribution in [3.05, 3.63) is 65.3 Å². The highest BCUT2D eigenvalue weighted by molar-refractivity contribution is 6.02. The van der Waals surface area contributed by atoms with Gasteiger partial charge >= 0.3 is 0 Å². The topological polar surface area (TPSA) is 78.0 Å². The second kappa shape index (κ2) is 5.30. The Hall–Kier alpha value is -2.40. The first kappa shape index (κ1) is 12.6. The molecule has 0 bridgehead atoms. The van der Waals surface area contributed by atoms with E-state index in [1.54, 1.807) is 12.5 Å². The van der Waals surface area contributed by atoms with Crippen LogP contribution < -0.4 is 5.32 Å². The van der Waals surface area contributed by atoms with Gasteiger partial charge in [0.2, 0.25) is 0 Å². The van der Waals surface area contributed by atoms with Gasteiger partial charge in [-0.3, -0.25) is 4.79 Å². The van der Waals surface area contributed by atoms with Gasteiger partial charge in [0.25, 0.3) is 5.91 Å². The van der Waals surface area contributed by atoms with Gasteiger partial charge in [-0.1, -0.05) is 24.3 Å². The van der Waals surface area contributed by atoms with Crippen LogP contribution >= 0.6 is 0 Å². The molecule has 3 rings (SSSR count). The summed E-state index contributed by atoms with van der Waals surface area (Å²) < 4.78 is 0. The SMILES string of the molecule is O=C(N[C@@H](CO)Cc1cnc[nH]1)C1=CC=C2C=CC=C21. The molecule has 2 aliphatic rings. The Morgan fingerprint density at radius 2 is 2.30 bits per heavy atom. The molecule has 2 aliphatic carbocycles. The Morgan fingerprint density at radius 1 is 1.40 bits per heavy atom. The van der Waals surface area contributed by atoms with E-state index in [9.17, 15) is 9.90 Å². The number of aliphatic hydroxyl groups is 1. The highest BCUT2D eigenvalue weighted by Crippen LogP contribution is 2.30. The van der Waals surface area contributed by atoms with E-state index in [1.807, 2.05) is 30.4 Å². The van der Waals surface area contributed by atoms with Crippen LogP contribution in [-0.4, -0.2) is 33.6 Å². The van der Waals surface area contributed by atoms with E-state index in [-0.39, 0.29) is 18.6 Å². The van der Waals surface area contributed by atoms with Crippen LogP contribution in [0.25, 0.3) is 0 Å². The number of hydrogen-bond donors (Lipinski definition) is 3. The highest BCUT2D eigenvalue weighted by atomic mass is 16.3. The fourth-order valence-corrected chi connectivity index (χ4v) is 2.37. The third kappa shape index (κ3) is 2.35. The molecular formula is C15H15N3O2. The summed E-state index contributed by atoms with van der Waals surface area (Å²) in [6.07, 6.45) is 13.3. The Balaban J connectivity index is 1.64. The van der Waals surface area contributed by atoms with Gasteiger partial charge in [-0.25, -0.2) is 4.98 Å². The number of amides is 1. The Labute approximate surface area is 116 Å². The number of nitrogens with zero attached hydrogens (tertiary/aromatic N) is 1. The summed E-state index contributed by atoms with van der Waals surface area (Å²) in [6, 6.07) is -0.331. The van der Waals surface area contributed by atoms with Gasteiger partial charge in [0, 0.05) is 23.9 Å². The number of fused-ring (bicyclic) bond motifs is 1. The van der Waals surface area contributed by atoms with Crippen molar-refractivity contribution in [3.8, 4) is 0 Å². The molecule has 3 N–H and O–H groups in total. The molecule has 0 spiro atoms. The van der Waals surface area contributed by atoms with E-state index in [0.717, 1.165) is 16.8 Å². The second-order valence-electron chi connectivity index (χ2n) is 4.78. The second-order valence-corrected chi connectivity index (χ2v) is 4.78. The highest BCUT2D eigenvalue weighted by Gasteiger charge is 2.23. The Bertz CT molecular complexity index is 636. The normalized spacial score (nSPS) is 17.4. The first-order chi connectivity index (χ1) is 9.78. The minimum atomic E-state index is -0.331. The van der Waals surface area contributed by atoms with E-state index < -0.39 is 0 Å². The average molecular weight is 269 g/mol. The molecule has 0 aliphatic heterocycles. The van der Waals surface area contributed by atoms with Gasteiger partial charge < -0.3 is 15.4 Å². The van der Waals surface area contributed by atoms with Crippen molar-refractivity contribution in [2.75, 3.05) is 6.61 Å². The smallest absolute Gasteiger partial charge is 0.252 e. The van der Waals surface area contributed by atoms with E-state index in [2.05, 4.69) is 15.3 Å². The molecule has 0 saturated carbocycles. The maximum absolute atomic E-state index is 12.3. The van der Waals surface area contributed by atoms with Crippen LogP contribution in [0.1, 0.15) is 5.69 Å². The molecular weight excluding hydrogens is 254 g/mol. The van der Waals surface area contributed by atoms with Crippen LogP contribution in [0.15, 0.2) is 59.6 Å². The van der Waals surface area contributed by atoms with Crippen molar-refractivity contribution < 1.29 is 9.90 Å². The number of aromatic amines is 1. The van der Waals surface area contributed by atoms with Crippen molar-refractivity contribution in [1.82, 2.24) is 15.3 Å². The summed E-state index contributed by atoms with van der Waals surface area (Å²) in [7, 11) is 0.